The van der Waals surface area contributed by atoms with Gasteiger partial charge in [-0.05, 0) is 24.4 Å². The molecule has 1 amide bonds. The van der Waals surface area contributed by atoms with Crippen molar-refractivity contribution in [2.45, 2.75) is 13.5 Å². The van der Waals surface area contributed by atoms with Crippen molar-refractivity contribution in [3.8, 4) is 22.0 Å². The maximum atomic E-state index is 12.8. The molecule has 3 aromatic heterocycles. The summed E-state index contributed by atoms with van der Waals surface area (Å²) in [5.41, 5.74) is 1.06. The lowest BCUT2D eigenvalue weighted by molar-refractivity contribution is 0.0951. The summed E-state index contributed by atoms with van der Waals surface area (Å²) >= 11 is 7.75. The largest absolute Gasteiger partial charge is 0.360 e. The van der Waals surface area contributed by atoms with E-state index in [-0.39, 0.29) is 24.7 Å². The quantitative estimate of drug-likeness (QED) is 0.493. The number of nitrogens with one attached hydrogen (secondary N) is 1. The number of rotatable bonds is 6. The molecule has 0 fully saturated rings. The van der Waals surface area contributed by atoms with Crippen LogP contribution >= 0.6 is 22.9 Å². The predicted octanol–water partition coefficient (Wildman–Crippen LogP) is 3.36. The highest BCUT2D eigenvalue weighted by atomic mass is 35.5. The van der Waals surface area contributed by atoms with E-state index in [0.29, 0.717) is 33.4 Å². The first-order valence-electron chi connectivity index (χ1n) is 9.14. The molecular formula is C20H18ClN5O3S. The van der Waals surface area contributed by atoms with Crippen molar-refractivity contribution in [3.63, 3.8) is 0 Å². The molecule has 8 nitrogen and oxygen atoms in total. The van der Waals surface area contributed by atoms with Crippen LogP contribution in [0, 0.1) is 6.92 Å². The first-order chi connectivity index (χ1) is 14.5. The molecule has 0 aliphatic rings. The Morgan fingerprint density at radius 1 is 1.27 bits per heavy atom. The Bertz CT molecular complexity index is 1260. The minimum Gasteiger partial charge on any atom is -0.360 e. The third kappa shape index (κ3) is 3.69. The molecule has 1 aromatic carbocycles. The van der Waals surface area contributed by atoms with E-state index in [1.54, 1.807) is 32.2 Å². The van der Waals surface area contributed by atoms with Gasteiger partial charge < -0.3 is 9.84 Å². The minimum absolute atomic E-state index is 0.214. The van der Waals surface area contributed by atoms with Crippen molar-refractivity contribution in [1.82, 2.24) is 24.8 Å². The van der Waals surface area contributed by atoms with Crippen LogP contribution in [0.4, 0.5) is 0 Å². The van der Waals surface area contributed by atoms with Crippen LogP contribution < -0.4 is 11.0 Å². The molecule has 0 radical (unpaired) electrons. The topological polar surface area (TPSA) is 94.9 Å². The summed E-state index contributed by atoms with van der Waals surface area (Å²) in [5, 5.41) is 13.6. The summed E-state index contributed by atoms with van der Waals surface area (Å²) in [6.45, 7) is 2.11. The molecule has 0 bridgehead atoms. The Morgan fingerprint density at radius 2 is 2.07 bits per heavy atom. The van der Waals surface area contributed by atoms with Gasteiger partial charge in [0.2, 0.25) is 0 Å². The summed E-state index contributed by atoms with van der Waals surface area (Å²) in [7, 11) is 1.68. The molecule has 1 N–H and O–H groups in total. The number of hydrogen-bond acceptors (Lipinski definition) is 6. The third-order valence-corrected chi connectivity index (χ3v) is 5.81. The smallest absolute Gasteiger partial charge is 0.346 e. The number of halogens is 1. The SMILES string of the molecule is Cc1onc(-c2ccccc2Cl)c1C(=O)NCCn1nc(-c2cccs2)n(C)c1=O. The average molecular weight is 444 g/mol. The van der Waals surface area contributed by atoms with E-state index < -0.39 is 0 Å². The van der Waals surface area contributed by atoms with Gasteiger partial charge in [-0.25, -0.2) is 9.48 Å². The molecule has 10 heteroatoms. The second-order valence-electron chi connectivity index (χ2n) is 6.56. The van der Waals surface area contributed by atoms with Crippen molar-refractivity contribution >= 4 is 28.8 Å². The van der Waals surface area contributed by atoms with Gasteiger partial charge in [0.1, 0.15) is 17.0 Å². The van der Waals surface area contributed by atoms with E-state index in [9.17, 15) is 9.59 Å². The van der Waals surface area contributed by atoms with E-state index in [1.807, 2.05) is 23.6 Å². The highest BCUT2D eigenvalue weighted by Gasteiger charge is 2.23. The van der Waals surface area contributed by atoms with E-state index in [4.69, 9.17) is 16.1 Å². The Kier molecular flexibility index (Phi) is 5.56. The fourth-order valence-electron chi connectivity index (χ4n) is 3.09. The van der Waals surface area contributed by atoms with Crippen LogP contribution in [-0.2, 0) is 13.6 Å². The first kappa shape index (κ1) is 20.1. The first-order valence-corrected chi connectivity index (χ1v) is 10.4. The number of nitrogens with zero attached hydrogens (tertiary/aromatic N) is 4. The number of hydrogen-bond donors (Lipinski definition) is 1. The Morgan fingerprint density at radius 3 is 2.80 bits per heavy atom. The monoisotopic (exact) mass is 443 g/mol. The lowest BCUT2D eigenvalue weighted by atomic mass is 10.1. The summed E-state index contributed by atoms with van der Waals surface area (Å²) < 4.78 is 8.06. The van der Waals surface area contributed by atoms with Gasteiger partial charge in [-0.15, -0.1) is 16.4 Å². The third-order valence-electron chi connectivity index (χ3n) is 4.61. The zero-order chi connectivity index (χ0) is 21.3. The highest BCUT2D eigenvalue weighted by molar-refractivity contribution is 7.13. The maximum absolute atomic E-state index is 12.8. The number of carbonyl (C=O) groups is 1. The number of amides is 1. The van der Waals surface area contributed by atoms with Crippen molar-refractivity contribution in [1.29, 1.82) is 0 Å². The summed E-state index contributed by atoms with van der Waals surface area (Å²) in [5.74, 6) is 0.626. The number of thiophene rings is 1. The molecule has 0 saturated carbocycles. The van der Waals surface area contributed by atoms with Crippen LogP contribution in [0.25, 0.3) is 22.0 Å². The van der Waals surface area contributed by atoms with Crippen LogP contribution in [0.3, 0.4) is 0 Å². The van der Waals surface area contributed by atoms with Crippen LogP contribution in [0.15, 0.2) is 51.1 Å². The molecule has 0 atom stereocenters. The number of aromatic nitrogens is 4. The molecule has 0 aliphatic heterocycles. The predicted molar refractivity (Wildman–Crippen MR) is 115 cm³/mol. The van der Waals surface area contributed by atoms with E-state index in [2.05, 4.69) is 15.6 Å². The van der Waals surface area contributed by atoms with Gasteiger partial charge in [0.25, 0.3) is 5.91 Å². The summed E-state index contributed by atoms with van der Waals surface area (Å²) in [4.78, 5) is 26.1. The van der Waals surface area contributed by atoms with Gasteiger partial charge in [0.05, 0.1) is 16.4 Å². The molecule has 4 aromatic rings. The zero-order valence-corrected chi connectivity index (χ0v) is 17.8. The normalized spacial score (nSPS) is 11.0. The number of carbonyl (C=O) groups excluding carboxylic acids is 1. The lowest BCUT2D eigenvalue weighted by Crippen LogP contribution is -2.32. The molecule has 0 saturated heterocycles. The molecule has 0 aliphatic carbocycles. The highest BCUT2D eigenvalue weighted by Crippen LogP contribution is 2.30. The van der Waals surface area contributed by atoms with Gasteiger partial charge in [0, 0.05) is 19.2 Å². The summed E-state index contributed by atoms with van der Waals surface area (Å²) in [6, 6.07) is 10.9. The minimum atomic E-state index is -0.355. The fraction of sp³-hybridized carbons (Fsp3) is 0.200. The number of aryl methyl sites for hydroxylation is 1. The number of benzene rings is 1. The van der Waals surface area contributed by atoms with E-state index >= 15 is 0 Å². The van der Waals surface area contributed by atoms with Crippen molar-refractivity contribution < 1.29 is 9.32 Å². The van der Waals surface area contributed by atoms with Gasteiger partial charge in [0.15, 0.2) is 5.82 Å². The van der Waals surface area contributed by atoms with Gasteiger partial charge in [-0.1, -0.05) is 41.0 Å². The van der Waals surface area contributed by atoms with Crippen LogP contribution in [0.2, 0.25) is 5.02 Å². The van der Waals surface area contributed by atoms with E-state index in [1.165, 1.54) is 20.6 Å². The van der Waals surface area contributed by atoms with Gasteiger partial charge in [-0.3, -0.25) is 9.36 Å². The molecule has 3 heterocycles. The lowest BCUT2D eigenvalue weighted by Gasteiger charge is -2.06. The Labute approximate surface area is 180 Å². The maximum Gasteiger partial charge on any atom is 0.346 e. The van der Waals surface area contributed by atoms with Crippen molar-refractivity contribution in [2.24, 2.45) is 7.05 Å². The van der Waals surface area contributed by atoms with E-state index in [0.717, 1.165) is 4.88 Å². The molecular weight excluding hydrogens is 426 g/mol. The molecule has 0 unspecified atom stereocenters. The molecule has 30 heavy (non-hydrogen) atoms. The van der Waals surface area contributed by atoms with Crippen molar-refractivity contribution in [2.75, 3.05) is 6.54 Å². The summed E-state index contributed by atoms with van der Waals surface area (Å²) in [6.07, 6.45) is 0. The van der Waals surface area contributed by atoms with Gasteiger partial charge >= 0.3 is 5.69 Å². The average Bonchev–Trinajstić information content (AvgIpc) is 3.45. The van der Waals surface area contributed by atoms with Crippen molar-refractivity contribution in [3.05, 3.63) is 68.6 Å². The molecule has 154 valence electrons. The van der Waals surface area contributed by atoms with Crippen LogP contribution in [0.1, 0.15) is 16.1 Å². The molecule has 0 spiro atoms. The zero-order valence-electron chi connectivity index (χ0n) is 16.3. The Balaban J connectivity index is 1.50. The Hall–Kier alpha value is -3.17. The molecule has 4 rings (SSSR count). The second-order valence-corrected chi connectivity index (χ2v) is 7.92. The standard InChI is InChI=1S/C20H18ClN5O3S/c1-12-16(17(24-29-12)13-6-3-4-7-14(13)21)19(27)22-9-10-26-20(28)25(2)18(23-26)15-8-5-11-30-15/h3-8,11H,9-10H2,1-2H3,(H,22,27). The van der Waals surface area contributed by atoms with Gasteiger partial charge in [-0.2, -0.15) is 0 Å². The van der Waals surface area contributed by atoms with Crippen LogP contribution in [-0.4, -0.2) is 32.0 Å². The second kappa shape index (κ2) is 8.29. The van der Waals surface area contributed by atoms with Crippen LogP contribution in [0.5, 0.6) is 0 Å². The fourth-order valence-corrected chi connectivity index (χ4v) is 4.06.